The molecule has 0 radical (unpaired) electrons. The van der Waals surface area contributed by atoms with Crippen LogP contribution in [0, 0.1) is 0 Å². The standard InChI is InChI=1S/C19H21N3/c1-15(2)17-5-7-18(8-6-17)21-13-16-3-9-19(10-4-16)22-12-11-20-14-22/h3-12,14-15,21H,13H2,1-2H3. The summed E-state index contributed by atoms with van der Waals surface area (Å²) in [6.45, 7) is 5.25. The zero-order valence-electron chi connectivity index (χ0n) is 13.0. The Kier molecular flexibility index (Phi) is 4.24. The number of hydrogen-bond donors (Lipinski definition) is 1. The van der Waals surface area contributed by atoms with Crippen molar-refractivity contribution in [2.75, 3.05) is 5.32 Å². The first-order valence-corrected chi connectivity index (χ1v) is 7.63. The smallest absolute Gasteiger partial charge is 0.0991 e. The molecule has 0 spiro atoms. The van der Waals surface area contributed by atoms with E-state index in [1.807, 2.05) is 17.1 Å². The molecule has 0 amide bonds. The largest absolute Gasteiger partial charge is 0.381 e. The average molecular weight is 291 g/mol. The molecule has 22 heavy (non-hydrogen) atoms. The molecule has 0 bridgehead atoms. The minimum Gasteiger partial charge on any atom is -0.381 e. The Hall–Kier alpha value is -2.55. The van der Waals surface area contributed by atoms with Crippen LogP contribution in [0.1, 0.15) is 30.9 Å². The van der Waals surface area contributed by atoms with E-state index in [0.717, 1.165) is 17.9 Å². The molecule has 0 aliphatic rings. The van der Waals surface area contributed by atoms with E-state index in [4.69, 9.17) is 0 Å². The molecule has 0 aliphatic heterocycles. The van der Waals surface area contributed by atoms with Crippen LogP contribution in [0.4, 0.5) is 5.69 Å². The Morgan fingerprint density at radius 2 is 1.73 bits per heavy atom. The van der Waals surface area contributed by atoms with E-state index >= 15 is 0 Å². The van der Waals surface area contributed by atoms with Crippen molar-refractivity contribution in [2.24, 2.45) is 0 Å². The summed E-state index contributed by atoms with van der Waals surface area (Å²) in [5, 5.41) is 3.46. The third-order valence-electron chi connectivity index (χ3n) is 3.81. The molecule has 1 aromatic heterocycles. The van der Waals surface area contributed by atoms with Gasteiger partial charge >= 0.3 is 0 Å². The predicted molar refractivity (Wildman–Crippen MR) is 91.4 cm³/mol. The van der Waals surface area contributed by atoms with Crippen LogP contribution in [0.5, 0.6) is 0 Å². The Morgan fingerprint density at radius 1 is 1.00 bits per heavy atom. The van der Waals surface area contributed by atoms with Crippen molar-refractivity contribution >= 4 is 5.69 Å². The molecule has 0 saturated carbocycles. The Balaban J connectivity index is 1.61. The van der Waals surface area contributed by atoms with Crippen molar-refractivity contribution in [1.29, 1.82) is 0 Å². The molecule has 3 aromatic rings. The summed E-state index contributed by atoms with van der Waals surface area (Å²) >= 11 is 0. The summed E-state index contributed by atoms with van der Waals surface area (Å²) in [6.07, 6.45) is 5.54. The number of imidazole rings is 1. The quantitative estimate of drug-likeness (QED) is 0.744. The van der Waals surface area contributed by atoms with Crippen LogP contribution in [0.15, 0.2) is 67.3 Å². The summed E-state index contributed by atoms with van der Waals surface area (Å²) in [5.74, 6) is 0.574. The number of rotatable bonds is 5. The molecule has 0 atom stereocenters. The highest BCUT2D eigenvalue weighted by Gasteiger charge is 2.00. The molecule has 112 valence electrons. The van der Waals surface area contributed by atoms with Gasteiger partial charge in [-0.15, -0.1) is 0 Å². The minimum atomic E-state index is 0.574. The average Bonchev–Trinajstić information content (AvgIpc) is 3.08. The maximum absolute atomic E-state index is 4.07. The van der Waals surface area contributed by atoms with Gasteiger partial charge in [-0.2, -0.15) is 0 Å². The van der Waals surface area contributed by atoms with Gasteiger partial charge in [0, 0.05) is 30.3 Å². The summed E-state index contributed by atoms with van der Waals surface area (Å²) in [7, 11) is 0. The fourth-order valence-electron chi connectivity index (χ4n) is 2.39. The Bertz CT molecular complexity index is 695. The summed E-state index contributed by atoms with van der Waals surface area (Å²) in [6, 6.07) is 17.2. The zero-order valence-corrected chi connectivity index (χ0v) is 13.0. The van der Waals surface area contributed by atoms with Crippen LogP contribution in [-0.2, 0) is 6.54 Å². The van der Waals surface area contributed by atoms with E-state index in [2.05, 4.69) is 72.7 Å². The van der Waals surface area contributed by atoms with Crippen molar-refractivity contribution in [3.8, 4) is 5.69 Å². The second-order valence-corrected chi connectivity index (χ2v) is 5.77. The van der Waals surface area contributed by atoms with Gasteiger partial charge in [0.05, 0.1) is 6.33 Å². The zero-order chi connectivity index (χ0) is 15.4. The fourth-order valence-corrected chi connectivity index (χ4v) is 2.39. The topological polar surface area (TPSA) is 29.9 Å². The third-order valence-corrected chi connectivity index (χ3v) is 3.81. The lowest BCUT2D eigenvalue weighted by Crippen LogP contribution is -2.00. The first-order valence-electron chi connectivity index (χ1n) is 7.63. The van der Waals surface area contributed by atoms with E-state index in [9.17, 15) is 0 Å². The molecule has 3 rings (SSSR count). The summed E-state index contributed by atoms with van der Waals surface area (Å²) in [5.41, 5.74) is 4.91. The summed E-state index contributed by atoms with van der Waals surface area (Å²) in [4.78, 5) is 4.07. The SMILES string of the molecule is CC(C)c1ccc(NCc2ccc(-n3ccnc3)cc2)cc1. The van der Waals surface area contributed by atoms with Crippen molar-refractivity contribution in [2.45, 2.75) is 26.3 Å². The predicted octanol–water partition coefficient (Wildman–Crippen LogP) is 4.61. The maximum Gasteiger partial charge on any atom is 0.0991 e. The number of benzene rings is 2. The van der Waals surface area contributed by atoms with Gasteiger partial charge in [0.2, 0.25) is 0 Å². The van der Waals surface area contributed by atoms with Crippen LogP contribution < -0.4 is 5.32 Å². The van der Waals surface area contributed by atoms with E-state index in [0.29, 0.717) is 5.92 Å². The Labute approximate surface area is 131 Å². The van der Waals surface area contributed by atoms with E-state index in [1.54, 1.807) is 6.20 Å². The molecule has 0 unspecified atom stereocenters. The number of aromatic nitrogens is 2. The van der Waals surface area contributed by atoms with Gasteiger partial charge in [0.25, 0.3) is 0 Å². The van der Waals surface area contributed by atoms with Gasteiger partial charge in [-0.1, -0.05) is 38.1 Å². The van der Waals surface area contributed by atoms with Crippen molar-refractivity contribution in [1.82, 2.24) is 9.55 Å². The Morgan fingerprint density at radius 3 is 2.32 bits per heavy atom. The molecule has 3 nitrogen and oxygen atoms in total. The van der Waals surface area contributed by atoms with Crippen molar-refractivity contribution in [3.05, 3.63) is 78.4 Å². The molecule has 1 N–H and O–H groups in total. The van der Waals surface area contributed by atoms with Crippen LogP contribution in [0.2, 0.25) is 0 Å². The van der Waals surface area contributed by atoms with Crippen LogP contribution in [0.3, 0.4) is 0 Å². The monoisotopic (exact) mass is 291 g/mol. The molecule has 2 aromatic carbocycles. The second kappa shape index (κ2) is 6.48. The first kappa shape index (κ1) is 14.4. The van der Waals surface area contributed by atoms with Gasteiger partial charge in [0.15, 0.2) is 0 Å². The molecule has 0 fully saturated rings. The fraction of sp³-hybridized carbons (Fsp3) is 0.211. The molecular formula is C19H21N3. The van der Waals surface area contributed by atoms with Gasteiger partial charge in [-0.25, -0.2) is 4.98 Å². The van der Waals surface area contributed by atoms with Crippen LogP contribution in [-0.4, -0.2) is 9.55 Å². The number of nitrogens with zero attached hydrogens (tertiary/aromatic N) is 2. The lowest BCUT2D eigenvalue weighted by Gasteiger charge is -2.10. The highest BCUT2D eigenvalue weighted by molar-refractivity contribution is 5.46. The first-order chi connectivity index (χ1) is 10.7. The highest BCUT2D eigenvalue weighted by Crippen LogP contribution is 2.18. The number of hydrogen-bond acceptors (Lipinski definition) is 2. The van der Waals surface area contributed by atoms with Gasteiger partial charge in [-0.05, 0) is 41.3 Å². The molecule has 0 saturated heterocycles. The summed E-state index contributed by atoms with van der Waals surface area (Å²) < 4.78 is 2.00. The van der Waals surface area contributed by atoms with E-state index < -0.39 is 0 Å². The van der Waals surface area contributed by atoms with Crippen LogP contribution >= 0.6 is 0 Å². The highest BCUT2D eigenvalue weighted by atomic mass is 15.0. The minimum absolute atomic E-state index is 0.574. The van der Waals surface area contributed by atoms with Crippen molar-refractivity contribution in [3.63, 3.8) is 0 Å². The number of nitrogens with one attached hydrogen (secondary N) is 1. The van der Waals surface area contributed by atoms with Gasteiger partial charge in [-0.3, -0.25) is 0 Å². The number of anilines is 1. The molecule has 3 heteroatoms. The molecular weight excluding hydrogens is 270 g/mol. The lowest BCUT2D eigenvalue weighted by molar-refractivity contribution is 0.867. The third kappa shape index (κ3) is 3.37. The molecule has 1 heterocycles. The maximum atomic E-state index is 4.07. The van der Waals surface area contributed by atoms with Crippen molar-refractivity contribution < 1.29 is 0 Å². The van der Waals surface area contributed by atoms with E-state index in [-0.39, 0.29) is 0 Å². The van der Waals surface area contributed by atoms with Crippen LogP contribution in [0.25, 0.3) is 5.69 Å². The molecule has 0 aliphatic carbocycles. The van der Waals surface area contributed by atoms with Gasteiger partial charge < -0.3 is 9.88 Å². The lowest BCUT2D eigenvalue weighted by atomic mass is 10.0. The second-order valence-electron chi connectivity index (χ2n) is 5.77. The van der Waals surface area contributed by atoms with Gasteiger partial charge in [0.1, 0.15) is 0 Å². The normalized spacial score (nSPS) is 10.9. The van der Waals surface area contributed by atoms with E-state index in [1.165, 1.54) is 11.1 Å².